The fourth-order valence-corrected chi connectivity index (χ4v) is 1.66. The minimum atomic E-state index is -0.291. The summed E-state index contributed by atoms with van der Waals surface area (Å²) in [4.78, 5) is 11.9. The number of halogens is 1. The third kappa shape index (κ3) is 2.47. The number of benzene rings is 1. The van der Waals surface area contributed by atoms with Crippen molar-refractivity contribution in [2.45, 2.75) is 13.8 Å². The van der Waals surface area contributed by atoms with Gasteiger partial charge >= 0.3 is 0 Å². The lowest BCUT2D eigenvalue weighted by Gasteiger charge is -2.08. The second kappa shape index (κ2) is 4.59. The van der Waals surface area contributed by atoms with E-state index in [-0.39, 0.29) is 11.6 Å². The Morgan fingerprint density at radius 3 is 2.82 bits per heavy atom. The Morgan fingerprint density at radius 1 is 1.41 bits per heavy atom. The van der Waals surface area contributed by atoms with E-state index < -0.39 is 0 Å². The minimum Gasteiger partial charge on any atom is -0.320 e. The molecule has 1 heterocycles. The van der Waals surface area contributed by atoms with Crippen molar-refractivity contribution in [3.63, 3.8) is 0 Å². The van der Waals surface area contributed by atoms with E-state index in [9.17, 15) is 4.79 Å². The highest BCUT2D eigenvalue weighted by atomic mass is 35.5. The number of aryl methyl sites for hydroxylation is 2. The van der Waals surface area contributed by atoms with Crippen LogP contribution < -0.4 is 5.32 Å². The number of nitrogens with zero attached hydrogens (tertiary/aromatic N) is 1. The first-order valence-electron chi connectivity index (χ1n) is 5.15. The molecule has 4 nitrogen and oxygen atoms in total. The Hall–Kier alpha value is -1.81. The molecular weight excluding hydrogens is 238 g/mol. The second-order valence-electron chi connectivity index (χ2n) is 3.87. The Balaban J connectivity index is 2.24. The van der Waals surface area contributed by atoms with Gasteiger partial charge in [-0.3, -0.25) is 9.89 Å². The molecule has 0 radical (unpaired) electrons. The highest BCUT2D eigenvalue weighted by Crippen LogP contribution is 2.19. The van der Waals surface area contributed by atoms with E-state index in [0.29, 0.717) is 5.02 Å². The van der Waals surface area contributed by atoms with Crippen molar-refractivity contribution < 1.29 is 4.79 Å². The molecule has 0 aliphatic rings. The van der Waals surface area contributed by atoms with Crippen LogP contribution in [0.1, 0.15) is 21.6 Å². The lowest BCUT2D eigenvalue weighted by molar-refractivity contribution is 0.102. The summed E-state index contributed by atoms with van der Waals surface area (Å²) in [5, 5.41) is 9.38. The van der Waals surface area contributed by atoms with Crippen molar-refractivity contribution in [1.82, 2.24) is 10.2 Å². The Morgan fingerprint density at radius 2 is 2.18 bits per heavy atom. The molecule has 0 saturated carbocycles. The summed E-state index contributed by atoms with van der Waals surface area (Å²) < 4.78 is 0. The topological polar surface area (TPSA) is 57.8 Å². The van der Waals surface area contributed by atoms with Gasteiger partial charge in [0.05, 0.1) is 11.2 Å². The monoisotopic (exact) mass is 249 g/mol. The van der Waals surface area contributed by atoms with Gasteiger partial charge in [-0.15, -0.1) is 0 Å². The number of rotatable bonds is 2. The van der Waals surface area contributed by atoms with Crippen molar-refractivity contribution in [3.8, 4) is 0 Å². The van der Waals surface area contributed by atoms with Gasteiger partial charge in [0.1, 0.15) is 5.69 Å². The molecule has 0 spiro atoms. The van der Waals surface area contributed by atoms with Crippen molar-refractivity contribution in [2.75, 3.05) is 5.32 Å². The largest absolute Gasteiger partial charge is 0.320 e. The molecule has 1 aromatic heterocycles. The molecule has 2 aromatic rings. The number of carbonyl (C=O) groups excluding carboxylic acids is 1. The first-order valence-corrected chi connectivity index (χ1v) is 5.53. The average molecular weight is 250 g/mol. The summed E-state index contributed by atoms with van der Waals surface area (Å²) >= 11 is 5.82. The number of hydrogen-bond acceptors (Lipinski definition) is 2. The molecule has 0 atom stereocenters. The van der Waals surface area contributed by atoms with Crippen LogP contribution in [0.25, 0.3) is 0 Å². The number of H-pyrrole nitrogens is 1. The fourth-order valence-electron chi connectivity index (χ4n) is 1.49. The number of nitrogens with one attached hydrogen (secondary N) is 2. The van der Waals surface area contributed by atoms with Crippen LogP contribution in [0, 0.1) is 13.8 Å². The Bertz CT molecular complexity index is 563. The smallest absolute Gasteiger partial charge is 0.275 e. The molecular formula is C12H12ClN3O. The summed E-state index contributed by atoms with van der Waals surface area (Å²) in [5.41, 5.74) is 3.13. The second-order valence-corrected chi connectivity index (χ2v) is 4.27. The third-order valence-electron chi connectivity index (χ3n) is 2.46. The standard InChI is InChI=1S/C12H12ClN3O/c1-7-3-4-8(2)10(5-7)15-12(17)11-9(13)6-14-16-11/h3-6H,1-2H3,(H,14,16)(H,15,17). The molecule has 0 aliphatic heterocycles. The van der Waals surface area contributed by atoms with Crippen LogP contribution in [0.2, 0.25) is 5.02 Å². The molecule has 88 valence electrons. The zero-order valence-corrected chi connectivity index (χ0v) is 10.3. The summed E-state index contributed by atoms with van der Waals surface area (Å²) in [7, 11) is 0. The number of hydrogen-bond donors (Lipinski definition) is 2. The van der Waals surface area contributed by atoms with E-state index in [0.717, 1.165) is 16.8 Å². The zero-order valence-electron chi connectivity index (χ0n) is 9.54. The van der Waals surface area contributed by atoms with E-state index >= 15 is 0 Å². The summed E-state index contributed by atoms with van der Waals surface area (Å²) in [5.74, 6) is -0.291. The molecule has 1 aromatic carbocycles. The maximum Gasteiger partial charge on any atom is 0.275 e. The fraction of sp³-hybridized carbons (Fsp3) is 0.167. The number of aromatic amines is 1. The van der Waals surface area contributed by atoms with E-state index in [4.69, 9.17) is 11.6 Å². The van der Waals surface area contributed by atoms with E-state index in [1.54, 1.807) is 0 Å². The molecule has 0 fully saturated rings. The summed E-state index contributed by atoms with van der Waals surface area (Å²) in [6.45, 7) is 3.90. The zero-order chi connectivity index (χ0) is 12.4. The quantitative estimate of drug-likeness (QED) is 0.860. The van der Waals surface area contributed by atoms with E-state index in [2.05, 4.69) is 15.5 Å². The normalized spacial score (nSPS) is 10.3. The van der Waals surface area contributed by atoms with Crippen LogP contribution in [-0.2, 0) is 0 Å². The highest BCUT2D eigenvalue weighted by Gasteiger charge is 2.13. The molecule has 0 saturated heterocycles. The SMILES string of the molecule is Cc1ccc(C)c(NC(=O)c2[nH]ncc2Cl)c1. The van der Waals surface area contributed by atoms with Crippen LogP contribution in [0.3, 0.4) is 0 Å². The first-order chi connectivity index (χ1) is 8.08. The Labute approximate surface area is 104 Å². The molecule has 5 heteroatoms. The molecule has 0 unspecified atom stereocenters. The maximum atomic E-state index is 11.9. The van der Waals surface area contributed by atoms with Gasteiger partial charge in [0.15, 0.2) is 0 Å². The van der Waals surface area contributed by atoms with Gasteiger partial charge in [0.25, 0.3) is 5.91 Å². The van der Waals surface area contributed by atoms with E-state index in [1.165, 1.54) is 6.20 Å². The van der Waals surface area contributed by atoms with Gasteiger partial charge in [-0.05, 0) is 31.0 Å². The number of carbonyl (C=O) groups is 1. The van der Waals surface area contributed by atoms with Crippen LogP contribution in [-0.4, -0.2) is 16.1 Å². The Kier molecular flexibility index (Phi) is 3.15. The predicted octanol–water partition coefficient (Wildman–Crippen LogP) is 2.93. The van der Waals surface area contributed by atoms with Gasteiger partial charge in [-0.1, -0.05) is 23.7 Å². The predicted molar refractivity (Wildman–Crippen MR) is 67.5 cm³/mol. The van der Waals surface area contributed by atoms with Crippen LogP contribution >= 0.6 is 11.6 Å². The molecule has 2 N–H and O–H groups in total. The third-order valence-corrected chi connectivity index (χ3v) is 2.75. The lowest BCUT2D eigenvalue weighted by Crippen LogP contribution is -2.13. The molecule has 2 rings (SSSR count). The van der Waals surface area contributed by atoms with Crippen molar-refractivity contribution in [2.24, 2.45) is 0 Å². The van der Waals surface area contributed by atoms with Crippen LogP contribution in [0.4, 0.5) is 5.69 Å². The van der Waals surface area contributed by atoms with Crippen molar-refractivity contribution in [1.29, 1.82) is 0 Å². The molecule has 0 aliphatic carbocycles. The van der Waals surface area contributed by atoms with Gasteiger partial charge in [-0.2, -0.15) is 5.10 Å². The number of anilines is 1. The lowest BCUT2D eigenvalue weighted by atomic mass is 10.1. The van der Waals surface area contributed by atoms with Gasteiger partial charge in [0.2, 0.25) is 0 Å². The van der Waals surface area contributed by atoms with Gasteiger partial charge < -0.3 is 5.32 Å². The number of aromatic nitrogens is 2. The highest BCUT2D eigenvalue weighted by molar-refractivity contribution is 6.34. The first kappa shape index (κ1) is 11.7. The van der Waals surface area contributed by atoms with Gasteiger partial charge in [0, 0.05) is 5.69 Å². The van der Waals surface area contributed by atoms with Crippen molar-refractivity contribution in [3.05, 3.63) is 46.2 Å². The van der Waals surface area contributed by atoms with Crippen LogP contribution in [0.5, 0.6) is 0 Å². The molecule has 1 amide bonds. The average Bonchev–Trinajstić information content (AvgIpc) is 2.70. The van der Waals surface area contributed by atoms with E-state index in [1.807, 2.05) is 32.0 Å². The molecule has 0 bridgehead atoms. The maximum absolute atomic E-state index is 11.9. The molecule has 17 heavy (non-hydrogen) atoms. The van der Waals surface area contributed by atoms with Gasteiger partial charge in [-0.25, -0.2) is 0 Å². The summed E-state index contributed by atoms with van der Waals surface area (Å²) in [6.07, 6.45) is 1.40. The number of amides is 1. The summed E-state index contributed by atoms with van der Waals surface area (Å²) in [6, 6.07) is 5.87. The van der Waals surface area contributed by atoms with Crippen LogP contribution in [0.15, 0.2) is 24.4 Å². The van der Waals surface area contributed by atoms with Crippen molar-refractivity contribution >= 4 is 23.2 Å². The minimum absolute atomic E-state index is 0.271.